The molecule has 0 aromatic carbocycles. The SMILES string of the molecule is CC(C)C1CPCC(C(C)C)O1. The van der Waals surface area contributed by atoms with Crippen molar-refractivity contribution in [1.29, 1.82) is 0 Å². The molecule has 1 aliphatic rings. The molecule has 0 aromatic rings. The molecule has 0 aliphatic carbocycles. The Hall–Kier alpha value is 0.390. The van der Waals surface area contributed by atoms with E-state index in [1.54, 1.807) is 0 Å². The summed E-state index contributed by atoms with van der Waals surface area (Å²) in [4.78, 5) is 0. The smallest absolute Gasteiger partial charge is 0.0638 e. The second-order valence-electron chi connectivity index (χ2n) is 4.36. The van der Waals surface area contributed by atoms with Crippen molar-refractivity contribution in [3.63, 3.8) is 0 Å². The summed E-state index contributed by atoms with van der Waals surface area (Å²) in [6, 6.07) is 0. The molecule has 12 heavy (non-hydrogen) atoms. The van der Waals surface area contributed by atoms with Crippen molar-refractivity contribution in [3.05, 3.63) is 0 Å². The lowest BCUT2D eigenvalue weighted by Crippen LogP contribution is -2.36. The van der Waals surface area contributed by atoms with Gasteiger partial charge in [0.2, 0.25) is 0 Å². The van der Waals surface area contributed by atoms with Gasteiger partial charge in [-0.1, -0.05) is 27.7 Å². The molecule has 0 radical (unpaired) electrons. The molecule has 0 N–H and O–H groups in total. The van der Waals surface area contributed by atoms with E-state index in [-0.39, 0.29) is 0 Å². The van der Waals surface area contributed by atoms with Gasteiger partial charge in [0.05, 0.1) is 12.2 Å². The highest BCUT2D eigenvalue weighted by molar-refractivity contribution is 7.38. The standard InChI is InChI=1S/C10H21OP/c1-7(2)9-5-12-6-10(11-9)8(3)4/h7-10,12H,5-6H2,1-4H3. The predicted octanol–water partition coefficient (Wildman–Crippen LogP) is 2.74. The summed E-state index contributed by atoms with van der Waals surface area (Å²) in [5.41, 5.74) is 0. The Labute approximate surface area is 78.0 Å². The second-order valence-corrected chi connectivity index (χ2v) is 5.68. The van der Waals surface area contributed by atoms with E-state index in [9.17, 15) is 0 Å². The minimum atomic E-state index is 0.532. The van der Waals surface area contributed by atoms with Crippen LogP contribution in [0.4, 0.5) is 0 Å². The summed E-state index contributed by atoms with van der Waals surface area (Å²) in [5, 5.41) is 0. The molecule has 0 saturated carbocycles. The topological polar surface area (TPSA) is 9.23 Å². The fourth-order valence-corrected chi connectivity index (χ4v) is 3.35. The van der Waals surface area contributed by atoms with Crippen LogP contribution in [0.25, 0.3) is 0 Å². The van der Waals surface area contributed by atoms with Crippen LogP contribution in [0.1, 0.15) is 27.7 Å². The molecule has 1 saturated heterocycles. The van der Waals surface area contributed by atoms with Crippen molar-refractivity contribution in [2.24, 2.45) is 11.8 Å². The Morgan fingerprint density at radius 1 is 1.00 bits per heavy atom. The summed E-state index contributed by atoms with van der Waals surface area (Å²) < 4.78 is 6.02. The van der Waals surface area contributed by atoms with Gasteiger partial charge < -0.3 is 4.74 Å². The minimum absolute atomic E-state index is 0.532. The summed E-state index contributed by atoms with van der Waals surface area (Å²) in [6.45, 7) is 9.05. The molecule has 2 atom stereocenters. The van der Waals surface area contributed by atoms with Crippen LogP contribution in [0, 0.1) is 11.8 Å². The lowest BCUT2D eigenvalue weighted by molar-refractivity contribution is -0.0386. The molecule has 0 aromatic heterocycles. The minimum Gasteiger partial charge on any atom is -0.374 e. The van der Waals surface area contributed by atoms with E-state index in [1.165, 1.54) is 12.3 Å². The molecule has 0 amide bonds. The highest BCUT2D eigenvalue weighted by Gasteiger charge is 2.26. The molecule has 1 fully saturated rings. The average molecular weight is 188 g/mol. The first-order valence-electron chi connectivity index (χ1n) is 4.97. The Balaban J connectivity index is 2.40. The first-order valence-corrected chi connectivity index (χ1v) is 6.39. The number of hydrogen-bond donors (Lipinski definition) is 0. The van der Waals surface area contributed by atoms with Crippen LogP contribution in [-0.4, -0.2) is 24.5 Å². The molecular formula is C10H21OP. The van der Waals surface area contributed by atoms with Crippen molar-refractivity contribution >= 4 is 8.58 Å². The Kier molecular flexibility index (Phi) is 3.99. The van der Waals surface area contributed by atoms with Crippen LogP contribution in [0.15, 0.2) is 0 Å². The zero-order valence-corrected chi connectivity index (χ0v) is 9.63. The third-order valence-corrected chi connectivity index (χ3v) is 3.91. The highest BCUT2D eigenvalue weighted by Crippen LogP contribution is 2.30. The van der Waals surface area contributed by atoms with Crippen LogP contribution in [0.2, 0.25) is 0 Å². The van der Waals surface area contributed by atoms with E-state index in [2.05, 4.69) is 27.7 Å². The van der Waals surface area contributed by atoms with E-state index >= 15 is 0 Å². The third kappa shape index (κ3) is 2.71. The van der Waals surface area contributed by atoms with E-state index in [1.807, 2.05) is 0 Å². The number of rotatable bonds is 2. The zero-order valence-electron chi connectivity index (χ0n) is 8.63. The summed E-state index contributed by atoms with van der Waals surface area (Å²) in [7, 11) is 1.12. The highest BCUT2D eigenvalue weighted by atomic mass is 31.1. The maximum atomic E-state index is 6.02. The van der Waals surface area contributed by atoms with Crippen molar-refractivity contribution in [2.75, 3.05) is 12.3 Å². The molecule has 0 bridgehead atoms. The van der Waals surface area contributed by atoms with Gasteiger partial charge in [0.1, 0.15) is 0 Å². The normalized spacial score (nSPS) is 33.5. The number of ether oxygens (including phenoxy) is 1. The Morgan fingerprint density at radius 3 is 1.75 bits per heavy atom. The first-order chi connectivity index (χ1) is 5.61. The largest absolute Gasteiger partial charge is 0.374 e. The Bertz CT molecular complexity index is 120. The van der Waals surface area contributed by atoms with Crippen molar-refractivity contribution < 1.29 is 4.74 Å². The fraction of sp³-hybridized carbons (Fsp3) is 1.00. The van der Waals surface area contributed by atoms with E-state index < -0.39 is 0 Å². The van der Waals surface area contributed by atoms with Crippen molar-refractivity contribution in [3.8, 4) is 0 Å². The van der Waals surface area contributed by atoms with Gasteiger partial charge in [-0.3, -0.25) is 0 Å². The quantitative estimate of drug-likeness (QED) is 0.605. The summed E-state index contributed by atoms with van der Waals surface area (Å²) in [5.74, 6) is 1.39. The molecule has 2 heteroatoms. The molecule has 0 spiro atoms. The average Bonchev–Trinajstić information content (AvgIpc) is 2.04. The van der Waals surface area contributed by atoms with Gasteiger partial charge in [-0.25, -0.2) is 0 Å². The van der Waals surface area contributed by atoms with Crippen LogP contribution in [0.3, 0.4) is 0 Å². The fourth-order valence-electron chi connectivity index (χ4n) is 1.47. The molecule has 72 valence electrons. The van der Waals surface area contributed by atoms with Gasteiger partial charge in [0.25, 0.3) is 0 Å². The predicted molar refractivity (Wildman–Crippen MR) is 56.4 cm³/mol. The summed E-state index contributed by atoms with van der Waals surface area (Å²) in [6.07, 6.45) is 3.65. The molecular weight excluding hydrogens is 167 g/mol. The van der Waals surface area contributed by atoms with Gasteiger partial charge in [-0.15, -0.1) is 8.58 Å². The lowest BCUT2D eigenvalue weighted by atomic mass is 10.1. The maximum absolute atomic E-state index is 6.02. The van der Waals surface area contributed by atoms with Crippen LogP contribution in [-0.2, 0) is 4.74 Å². The van der Waals surface area contributed by atoms with E-state index in [0.29, 0.717) is 24.0 Å². The number of hydrogen-bond acceptors (Lipinski definition) is 1. The van der Waals surface area contributed by atoms with Crippen LogP contribution >= 0.6 is 8.58 Å². The zero-order chi connectivity index (χ0) is 9.14. The monoisotopic (exact) mass is 188 g/mol. The van der Waals surface area contributed by atoms with E-state index in [0.717, 1.165) is 8.58 Å². The molecule has 1 rings (SSSR count). The molecule has 1 nitrogen and oxygen atoms in total. The van der Waals surface area contributed by atoms with Gasteiger partial charge in [-0.05, 0) is 24.2 Å². The maximum Gasteiger partial charge on any atom is 0.0638 e. The van der Waals surface area contributed by atoms with Gasteiger partial charge in [0.15, 0.2) is 0 Å². The van der Waals surface area contributed by atoms with Gasteiger partial charge in [-0.2, -0.15) is 0 Å². The van der Waals surface area contributed by atoms with Gasteiger partial charge >= 0.3 is 0 Å². The summed E-state index contributed by atoms with van der Waals surface area (Å²) >= 11 is 0. The molecule has 1 heterocycles. The lowest BCUT2D eigenvalue weighted by Gasteiger charge is -2.34. The van der Waals surface area contributed by atoms with Crippen LogP contribution < -0.4 is 0 Å². The van der Waals surface area contributed by atoms with E-state index in [4.69, 9.17) is 4.74 Å². The van der Waals surface area contributed by atoms with Crippen molar-refractivity contribution in [1.82, 2.24) is 0 Å². The van der Waals surface area contributed by atoms with Crippen molar-refractivity contribution in [2.45, 2.75) is 39.9 Å². The third-order valence-electron chi connectivity index (χ3n) is 2.53. The van der Waals surface area contributed by atoms with Gasteiger partial charge in [0, 0.05) is 0 Å². The molecule has 2 unspecified atom stereocenters. The first kappa shape index (κ1) is 10.5. The second kappa shape index (κ2) is 4.58. The Morgan fingerprint density at radius 2 is 1.42 bits per heavy atom. The molecule has 1 aliphatic heterocycles. The van der Waals surface area contributed by atoms with Crippen LogP contribution in [0.5, 0.6) is 0 Å².